The maximum atomic E-state index is 14.0. The Morgan fingerprint density at radius 2 is 1.67 bits per heavy atom. The molecule has 3 aromatic rings. The Morgan fingerprint density at radius 3 is 2.43 bits per heavy atom. The Balaban J connectivity index is 1.68. The standard InChI is InChI=1S/C24H22F2N2O2/c1-29-21-12-14-9-10-28-23(17(14)13-22(21)30-2)16-5-3-4-6-20(16)27-24(28)15-7-8-18(25)19(26)11-15/h3-8,11-13,23-24,27H,9-10H2,1-2H3/t23-,24-/m1/s1. The second-order valence-corrected chi connectivity index (χ2v) is 7.60. The summed E-state index contributed by atoms with van der Waals surface area (Å²) in [4.78, 5) is 2.29. The van der Waals surface area contributed by atoms with E-state index in [0.717, 1.165) is 29.8 Å². The molecule has 0 bridgehead atoms. The minimum atomic E-state index is -0.840. The predicted octanol–water partition coefficient (Wildman–Crippen LogP) is 5.05. The highest BCUT2D eigenvalue weighted by Crippen LogP contribution is 2.48. The van der Waals surface area contributed by atoms with Crippen molar-refractivity contribution in [1.82, 2.24) is 4.90 Å². The number of rotatable bonds is 3. The molecule has 154 valence electrons. The fourth-order valence-electron chi connectivity index (χ4n) is 4.64. The van der Waals surface area contributed by atoms with Crippen molar-refractivity contribution in [2.45, 2.75) is 18.6 Å². The second-order valence-electron chi connectivity index (χ2n) is 7.60. The number of hydrogen-bond donors (Lipinski definition) is 1. The van der Waals surface area contributed by atoms with E-state index < -0.39 is 11.6 Å². The smallest absolute Gasteiger partial charge is 0.161 e. The van der Waals surface area contributed by atoms with E-state index in [2.05, 4.69) is 16.3 Å². The Bertz CT molecular complexity index is 1120. The molecule has 1 N–H and O–H groups in total. The fraction of sp³-hybridized carbons (Fsp3) is 0.250. The lowest BCUT2D eigenvalue weighted by molar-refractivity contribution is 0.153. The molecule has 0 fully saturated rings. The Hall–Kier alpha value is -3.12. The lowest BCUT2D eigenvalue weighted by Crippen LogP contribution is -2.45. The Morgan fingerprint density at radius 1 is 0.900 bits per heavy atom. The van der Waals surface area contributed by atoms with Gasteiger partial charge in [-0.15, -0.1) is 0 Å². The van der Waals surface area contributed by atoms with Gasteiger partial charge < -0.3 is 14.8 Å². The van der Waals surface area contributed by atoms with Crippen molar-refractivity contribution in [3.8, 4) is 11.5 Å². The van der Waals surface area contributed by atoms with E-state index in [9.17, 15) is 8.78 Å². The highest BCUT2D eigenvalue weighted by molar-refractivity contribution is 5.61. The van der Waals surface area contributed by atoms with E-state index in [0.29, 0.717) is 17.1 Å². The Labute approximate surface area is 174 Å². The number of nitrogens with one attached hydrogen (secondary N) is 1. The van der Waals surface area contributed by atoms with Crippen molar-refractivity contribution >= 4 is 5.69 Å². The molecule has 0 unspecified atom stereocenters. The van der Waals surface area contributed by atoms with Crippen molar-refractivity contribution < 1.29 is 18.3 Å². The van der Waals surface area contributed by atoms with Gasteiger partial charge in [0.1, 0.15) is 6.17 Å². The summed E-state index contributed by atoms with van der Waals surface area (Å²) in [5.41, 5.74) is 5.16. The van der Waals surface area contributed by atoms with Crippen LogP contribution in [0.3, 0.4) is 0 Å². The number of para-hydroxylation sites is 1. The molecule has 0 aromatic heterocycles. The van der Waals surface area contributed by atoms with Gasteiger partial charge in [-0.25, -0.2) is 8.78 Å². The van der Waals surface area contributed by atoms with Gasteiger partial charge >= 0.3 is 0 Å². The first kappa shape index (κ1) is 18.9. The molecule has 4 nitrogen and oxygen atoms in total. The van der Waals surface area contributed by atoms with E-state index in [4.69, 9.17) is 9.47 Å². The number of halogens is 2. The number of nitrogens with zero attached hydrogens (tertiary/aromatic N) is 1. The third-order valence-corrected chi connectivity index (χ3v) is 6.05. The van der Waals surface area contributed by atoms with Crippen LogP contribution in [0.4, 0.5) is 14.5 Å². The number of fused-ring (bicyclic) bond motifs is 5. The van der Waals surface area contributed by atoms with Crippen molar-refractivity contribution in [3.63, 3.8) is 0 Å². The van der Waals surface area contributed by atoms with Gasteiger partial charge in [0, 0.05) is 12.2 Å². The van der Waals surface area contributed by atoms with Crippen LogP contribution in [0.1, 0.15) is 34.5 Å². The molecule has 2 aliphatic rings. The second kappa shape index (κ2) is 7.29. The van der Waals surface area contributed by atoms with E-state index >= 15 is 0 Å². The van der Waals surface area contributed by atoms with Crippen molar-refractivity contribution in [2.75, 3.05) is 26.1 Å². The van der Waals surface area contributed by atoms with Gasteiger partial charge in [-0.1, -0.05) is 24.3 Å². The van der Waals surface area contributed by atoms with Gasteiger partial charge in [0.25, 0.3) is 0 Å². The van der Waals surface area contributed by atoms with Gasteiger partial charge in [0.2, 0.25) is 0 Å². The fourth-order valence-corrected chi connectivity index (χ4v) is 4.64. The average molecular weight is 408 g/mol. The zero-order chi connectivity index (χ0) is 20.8. The highest BCUT2D eigenvalue weighted by Gasteiger charge is 2.39. The summed E-state index contributed by atoms with van der Waals surface area (Å²) in [6.07, 6.45) is 0.539. The zero-order valence-electron chi connectivity index (χ0n) is 16.8. The summed E-state index contributed by atoms with van der Waals surface area (Å²) in [7, 11) is 3.27. The van der Waals surface area contributed by atoms with E-state index in [1.807, 2.05) is 30.3 Å². The summed E-state index contributed by atoms with van der Waals surface area (Å²) >= 11 is 0. The topological polar surface area (TPSA) is 33.7 Å². The molecule has 0 radical (unpaired) electrons. The minimum Gasteiger partial charge on any atom is -0.493 e. The third-order valence-electron chi connectivity index (χ3n) is 6.05. The number of benzene rings is 3. The lowest BCUT2D eigenvalue weighted by atomic mass is 9.84. The van der Waals surface area contributed by atoms with Crippen LogP contribution in [0.5, 0.6) is 11.5 Å². The largest absolute Gasteiger partial charge is 0.493 e. The molecule has 0 saturated carbocycles. The maximum absolute atomic E-state index is 14.0. The molecule has 0 amide bonds. The highest BCUT2D eigenvalue weighted by atomic mass is 19.2. The molecule has 0 aliphatic carbocycles. The first-order chi connectivity index (χ1) is 14.6. The molecule has 2 heterocycles. The van der Waals surface area contributed by atoms with Gasteiger partial charge in [-0.05, 0) is 59.0 Å². The normalized spacial score (nSPS) is 19.9. The summed E-state index contributed by atoms with van der Waals surface area (Å²) in [5, 5.41) is 3.52. The molecular formula is C24H22F2N2O2. The lowest BCUT2D eigenvalue weighted by Gasteiger charge is -2.47. The molecule has 2 aliphatic heterocycles. The van der Waals surface area contributed by atoms with E-state index in [1.54, 1.807) is 20.3 Å². The van der Waals surface area contributed by atoms with Gasteiger partial charge in [0.05, 0.1) is 20.3 Å². The van der Waals surface area contributed by atoms with E-state index in [1.165, 1.54) is 17.7 Å². The molecule has 3 aromatic carbocycles. The van der Waals surface area contributed by atoms with Crippen LogP contribution in [0.2, 0.25) is 0 Å². The third kappa shape index (κ3) is 2.91. The number of anilines is 1. The molecule has 5 rings (SSSR count). The molecule has 0 saturated heterocycles. The van der Waals surface area contributed by atoms with Gasteiger partial charge in [0.15, 0.2) is 23.1 Å². The van der Waals surface area contributed by atoms with Crippen LogP contribution in [0, 0.1) is 11.6 Å². The molecular weight excluding hydrogens is 386 g/mol. The van der Waals surface area contributed by atoms with Gasteiger partial charge in [-0.2, -0.15) is 0 Å². The summed E-state index contributed by atoms with van der Waals surface area (Å²) in [6.45, 7) is 0.762. The first-order valence-electron chi connectivity index (χ1n) is 9.91. The maximum Gasteiger partial charge on any atom is 0.161 e. The molecule has 6 heteroatoms. The van der Waals surface area contributed by atoms with Gasteiger partial charge in [-0.3, -0.25) is 4.90 Å². The van der Waals surface area contributed by atoms with Crippen LogP contribution in [-0.4, -0.2) is 25.7 Å². The van der Waals surface area contributed by atoms with Crippen LogP contribution in [0.25, 0.3) is 0 Å². The van der Waals surface area contributed by atoms with E-state index in [-0.39, 0.29) is 12.2 Å². The summed E-state index contributed by atoms with van der Waals surface area (Å²) < 4.78 is 38.6. The SMILES string of the molecule is COc1cc2c(cc1OC)[C@H]1c3ccccc3N[C@@H](c3ccc(F)c(F)c3)N1CC2. The number of methoxy groups -OCH3 is 2. The number of ether oxygens (including phenoxy) is 2. The predicted molar refractivity (Wildman–Crippen MR) is 111 cm³/mol. The van der Waals surface area contributed by atoms with Crippen molar-refractivity contribution in [2.24, 2.45) is 0 Å². The zero-order valence-corrected chi connectivity index (χ0v) is 16.8. The van der Waals surface area contributed by atoms with Crippen LogP contribution in [-0.2, 0) is 6.42 Å². The Kier molecular flexibility index (Phi) is 4.59. The van der Waals surface area contributed by atoms with Crippen LogP contribution < -0.4 is 14.8 Å². The number of hydrogen-bond acceptors (Lipinski definition) is 4. The molecule has 0 spiro atoms. The quantitative estimate of drug-likeness (QED) is 0.657. The summed E-state index contributed by atoms with van der Waals surface area (Å²) in [6, 6.07) is 16.3. The summed E-state index contributed by atoms with van der Waals surface area (Å²) in [5.74, 6) is -0.288. The molecule has 2 atom stereocenters. The molecule has 30 heavy (non-hydrogen) atoms. The van der Waals surface area contributed by atoms with Crippen LogP contribution >= 0.6 is 0 Å². The van der Waals surface area contributed by atoms with Crippen molar-refractivity contribution in [3.05, 3.63) is 88.5 Å². The monoisotopic (exact) mass is 408 g/mol. The minimum absolute atomic E-state index is 0.0379. The first-order valence-corrected chi connectivity index (χ1v) is 9.91. The van der Waals surface area contributed by atoms with Crippen LogP contribution in [0.15, 0.2) is 54.6 Å². The average Bonchev–Trinajstić information content (AvgIpc) is 2.78. The van der Waals surface area contributed by atoms with Crippen molar-refractivity contribution in [1.29, 1.82) is 0 Å².